The third kappa shape index (κ3) is 389. The molecule has 0 aliphatic heterocycles. The summed E-state index contributed by atoms with van der Waals surface area (Å²) in [5, 5.41) is 0. The molecule has 48 valence electrons. The van der Waals surface area contributed by atoms with Crippen LogP contribution >= 0.6 is 0 Å². The fourth-order valence-corrected chi connectivity index (χ4v) is 0. The molecule has 0 spiro atoms. The second-order valence-electron chi connectivity index (χ2n) is 1.02. The lowest BCUT2D eigenvalue weighted by molar-refractivity contribution is 0.490. The standard InChI is InChI=1S/C3H4.CH4O3S/c1-3-2;1-5(2,3)4/h1H,2H3;1H3,(H,2,3,4). The summed E-state index contributed by atoms with van der Waals surface area (Å²) in [4.78, 5) is 0. The van der Waals surface area contributed by atoms with Crippen LogP contribution in [0.3, 0.4) is 0 Å². The molecule has 0 amide bonds. The molecule has 3 nitrogen and oxygen atoms in total. The second kappa shape index (κ2) is 4.62. The Kier molecular flexibility index (Phi) is 6.04. The van der Waals surface area contributed by atoms with Gasteiger partial charge in [-0.05, 0) is 6.92 Å². The second-order valence-corrected chi connectivity index (χ2v) is 2.49. The molecular formula is C4H8O3S. The topological polar surface area (TPSA) is 54.4 Å². The van der Waals surface area contributed by atoms with Crippen LogP contribution in [0.1, 0.15) is 6.92 Å². The van der Waals surface area contributed by atoms with Crippen molar-refractivity contribution in [2.75, 3.05) is 6.26 Å². The first-order chi connectivity index (χ1) is 3.41. The summed E-state index contributed by atoms with van der Waals surface area (Å²) in [6.45, 7) is 1.65. The molecule has 0 aromatic rings. The fourth-order valence-electron chi connectivity index (χ4n) is 0. The number of terminal acetylenes is 1. The van der Waals surface area contributed by atoms with Gasteiger partial charge >= 0.3 is 0 Å². The minimum Gasteiger partial charge on any atom is -0.286 e. The van der Waals surface area contributed by atoms with Crippen molar-refractivity contribution in [1.82, 2.24) is 0 Å². The molecule has 0 aromatic heterocycles. The first-order valence-electron chi connectivity index (χ1n) is 1.71. The Labute approximate surface area is 49.5 Å². The lowest BCUT2D eigenvalue weighted by Crippen LogP contribution is -1.88. The zero-order valence-electron chi connectivity index (χ0n) is 4.75. The van der Waals surface area contributed by atoms with E-state index >= 15 is 0 Å². The van der Waals surface area contributed by atoms with E-state index in [1.165, 1.54) is 0 Å². The van der Waals surface area contributed by atoms with E-state index in [0.29, 0.717) is 6.26 Å². The highest BCUT2D eigenvalue weighted by molar-refractivity contribution is 7.85. The Morgan fingerprint density at radius 2 is 1.62 bits per heavy atom. The predicted molar refractivity (Wildman–Crippen MR) is 32.0 cm³/mol. The summed E-state index contributed by atoms with van der Waals surface area (Å²) >= 11 is 0. The highest BCUT2D eigenvalue weighted by Crippen LogP contribution is 1.60. The van der Waals surface area contributed by atoms with Crippen LogP contribution in [0.15, 0.2) is 0 Å². The SMILES string of the molecule is C#CC.CS(=O)(=O)O. The molecule has 0 heterocycles. The van der Waals surface area contributed by atoms with Gasteiger partial charge in [0.05, 0.1) is 6.26 Å². The largest absolute Gasteiger partial charge is 0.286 e. The van der Waals surface area contributed by atoms with Crippen molar-refractivity contribution < 1.29 is 13.0 Å². The molecule has 0 aromatic carbocycles. The first-order valence-corrected chi connectivity index (χ1v) is 3.56. The van der Waals surface area contributed by atoms with Crippen molar-refractivity contribution in [3.8, 4) is 12.3 Å². The number of hydrogen-bond donors (Lipinski definition) is 1. The van der Waals surface area contributed by atoms with Crippen LogP contribution in [-0.2, 0) is 10.1 Å². The van der Waals surface area contributed by atoms with Crippen LogP contribution < -0.4 is 0 Å². The monoisotopic (exact) mass is 136 g/mol. The van der Waals surface area contributed by atoms with E-state index in [-0.39, 0.29) is 0 Å². The molecule has 4 heteroatoms. The summed E-state index contributed by atoms with van der Waals surface area (Å²) in [7, 11) is -3.67. The van der Waals surface area contributed by atoms with Gasteiger partial charge < -0.3 is 0 Å². The van der Waals surface area contributed by atoms with Gasteiger partial charge in [-0.1, -0.05) is 0 Å². The Hall–Kier alpha value is -0.530. The average molecular weight is 136 g/mol. The molecule has 0 aliphatic rings. The molecule has 0 unspecified atom stereocenters. The van der Waals surface area contributed by atoms with Gasteiger partial charge in [0.15, 0.2) is 0 Å². The van der Waals surface area contributed by atoms with Crippen LogP contribution in [0.5, 0.6) is 0 Å². The van der Waals surface area contributed by atoms with Gasteiger partial charge in [0.25, 0.3) is 10.1 Å². The van der Waals surface area contributed by atoms with Crippen LogP contribution in [0, 0.1) is 12.3 Å². The minimum atomic E-state index is -3.67. The fraction of sp³-hybridized carbons (Fsp3) is 0.500. The quantitative estimate of drug-likeness (QED) is 0.381. The molecule has 0 saturated heterocycles. The highest BCUT2D eigenvalue weighted by atomic mass is 32.2. The maximum Gasteiger partial charge on any atom is 0.261 e. The Morgan fingerprint density at radius 3 is 1.62 bits per heavy atom. The van der Waals surface area contributed by atoms with Crippen molar-refractivity contribution >= 4 is 10.1 Å². The van der Waals surface area contributed by atoms with Crippen molar-refractivity contribution in [3.63, 3.8) is 0 Å². The van der Waals surface area contributed by atoms with Crippen molar-refractivity contribution in [2.45, 2.75) is 6.92 Å². The average Bonchev–Trinajstić information content (AvgIpc) is 1.27. The van der Waals surface area contributed by atoms with E-state index in [0.717, 1.165) is 0 Å². The van der Waals surface area contributed by atoms with Gasteiger partial charge in [0.1, 0.15) is 0 Å². The van der Waals surface area contributed by atoms with Gasteiger partial charge in [-0.25, -0.2) is 0 Å². The van der Waals surface area contributed by atoms with Gasteiger partial charge in [-0.2, -0.15) is 8.42 Å². The maximum atomic E-state index is 9.19. The molecule has 8 heavy (non-hydrogen) atoms. The van der Waals surface area contributed by atoms with Crippen molar-refractivity contribution in [1.29, 1.82) is 0 Å². The molecule has 0 bridgehead atoms. The molecule has 0 atom stereocenters. The summed E-state index contributed by atoms with van der Waals surface area (Å²) < 4.78 is 25.9. The van der Waals surface area contributed by atoms with Gasteiger partial charge in [0.2, 0.25) is 0 Å². The predicted octanol–water partition coefficient (Wildman–Crippen LogP) is 0.144. The first kappa shape index (κ1) is 10.5. The van der Waals surface area contributed by atoms with Crippen LogP contribution in [0.25, 0.3) is 0 Å². The molecule has 0 rings (SSSR count). The third-order valence-corrected chi connectivity index (χ3v) is 0. The zero-order valence-corrected chi connectivity index (χ0v) is 5.57. The van der Waals surface area contributed by atoms with Gasteiger partial charge in [0, 0.05) is 0 Å². The normalized spacial score (nSPS) is 8.25. The van der Waals surface area contributed by atoms with Crippen LogP contribution in [0.4, 0.5) is 0 Å². The molecule has 0 aliphatic carbocycles. The molecule has 1 N–H and O–H groups in total. The van der Waals surface area contributed by atoms with E-state index in [1.54, 1.807) is 6.92 Å². The van der Waals surface area contributed by atoms with E-state index in [2.05, 4.69) is 12.3 Å². The molecular weight excluding hydrogens is 128 g/mol. The number of rotatable bonds is 0. The highest BCUT2D eigenvalue weighted by Gasteiger charge is 1.81. The van der Waals surface area contributed by atoms with Gasteiger partial charge in [-0.15, -0.1) is 12.3 Å². The Morgan fingerprint density at radius 1 is 1.62 bits per heavy atom. The molecule has 0 saturated carbocycles. The van der Waals surface area contributed by atoms with Crippen LogP contribution in [-0.4, -0.2) is 19.2 Å². The third-order valence-electron chi connectivity index (χ3n) is 0. The van der Waals surface area contributed by atoms with Crippen molar-refractivity contribution in [3.05, 3.63) is 0 Å². The Bertz CT molecular complexity index is 152. The Balaban J connectivity index is 0. The summed E-state index contributed by atoms with van der Waals surface area (Å²) in [6, 6.07) is 0. The number of hydrogen-bond acceptors (Lipinski definition) is 2. The molecule has 0 radical (unpaired) electrons. The van der Waals surface area contributed by atoms with E-state index in [1.807, 2.05) is 0 Å². The zero-order chi connectivity index (χ0) is 7.21. The van der Waals surface area contributed by atoms with E-state index < -0.39 is 10.1 Å². The van der Waals surface area contributed by atoms with E-state index in [9.17, 15) is 8.42 Å². The molecule has 0 fully saturated rings. The van der Waals surface area contributed by atoms with Crippen LogP contribution in [0.2, 0.25) is 0 Å². The summed E-state index contributed by atoms with van der Waals surface area (Å²) in [5.41, 5.74) is 0. The summed E-state index contributed by atoms with van der Waals surface area (Å²) in [5.74, 6) is 2.25. The smallest absolute Gasteiger partial charge is 0.261 e. The van der Waals surface area contributed by atoms with Crippen molar-refractivity contribution in [2.24, 2.45) is 0 Å². The lowest BCUT2D eigenvalue weighted by Gasteiger charge is -1.69. The minimum absolute atomic E-state index is 0.715. The van der Waals surface area contributed by atoms with E-state index in [4.69, 9.17) is 4.55 Å². The maximum absolute atomic E-state index is 9.19. The lowest BCUT2D eigenvalue weighted by atomic mass is 10.9. The summed E-state index contributed by atoms with van der Waals surface area (Å²) in [6.07, 6.45) is 5.31. The van der Waals surface area contributed by atoms with Gasteiger partial charge in [-0.3, -0.25) is 4.55 Å².